The number of ether oxygens (including phenoxy) is 3. The average molecular weight is 295 g/mol. The van der Waals surface area contributed by atoms with E-state index >= 15 is 0 Å². The lowest BCUT2D eigenvalue weighted by Crippen LogP contribution is -2.30. The molecular formula is C15H21NO5. The molecule has 0 bridgehead atoms. The van der Waals surface area contributed by atoms with Crippen LogP contribution in [0.1, 0.15) is 24.2 Å². The van der Waals surface area contributed by atoms with Crippen LogP contribution in [0.4, 0.5) is 5.69 Å². The van der Waals surface area contributed by atoms with Gasteiger partial charge < -0.3 is 19.5 Å². The lowest BCUT2D eigenvalue weighted by molar-refractivity contribution is -0.148. The zero-order valence-electron chi connectivity index (χ0n) is 12.5. The number of hydrogen-bond acceptors (Lipinski definition) is 6. The van der Waals surface area contributed by atoms with E-state index in [-0.39, 0.29) is 5.97 Å². The van der Waals surface area contributed by atoms with Gasteiger partial charge in [0.1, 0.15) is 6.10 Å². The van der Waals surface area contributed by atoms with Gasteiger partial charge in [-0.3, -0.25) is 4.79 Å². The highest BCUT2D eigenvalue weighted by molar-refractivity contribution is 5.95. The zero-order valence-corrected chi connectivity index (χ0v) is 12.5. The van der Waals surface area contributed by atoms with Gasteiger partial charge in [0, 0.05) is 19.2 Å². The van der Waals surface area contributed by atoms with Crippen molar-refractivity contribution in [2.45, 2.75) is 20.0 Å². The second-order valence-electron chi connectivity index (χ2n) is 4.31. The van der Waals surface area contributed by atoms with Crippen LogP contribution in [0.25, 0.3) is 0 Å². The fourth-order valence-corrected chi connectivity index (χ4v) is 1.77. The van der Waals surface area contributed by atoms with E-state index in [1.165, 1.54) is 14.0 Å². The van der Waals surface area contributed by atoms with Gasteiger partial charge in [0.25, 0.3) is 0 Å². The van der Waals surface area contributed by atoms with Crippen LogP contribution >= 0.6 is 0 Å². The molecule has 1 aromatic rings. The van der Waals surface area contributed by atoms with E-state index in [4.69, 9.17) is 14.2 Å². The largest absolute Gasteiger partial charge is 0.465 e. The van der Waals surface area contributed by atoms with Crippen molar-refractivity contribution in [1.29, 1.82) is 0 Å². The highest BCUT2D eigenvalue weighted by Crippen LogP contribution is 2.16. The molecule has 0 amide bonds. The number of para-hydroxylation sites is 1. The van der Waals surface area contributed by atoms with Crippen LogP contribution in [-0.2, 0) is 19.0 Å². The van der Waals surface area contributed by atoms with E-state index in [0.29, 0.717) is 31.0 Å². The Hall–Kier alpha value is -2.08. The molecule has 0 saturated carbocycles. The minimum absolute atomic E-state index is 0.295. The molecule has 0 aliphatic carbocycles. The zero-order chi connectivity index (χ0) is 15.7. The number of carbonyl (C=O) groups is 2. The minimum atomic E-state index is -0.424. The Balaban J connectivity index is 2.70. The summed E-state index contributed by atoms with van der Waals surface area (Å²) in [6.07, 6.45) is -0.423. The third kappa shape index (κ3) is 5.83. The molecular weight excluding hydrogens is 274 g/mol. The summed E-state index contributed by atoms with van der Waals surface area (Å²) in [5, 5.41) is 3.08. The molecule has 0 aliphatic heterocycles. The predicted molar refractivity (Wildman–Crippen MR) is 78.3 cm³/mol. The highest BCUT2D eigenvalue weighted by Gasteiger charge is 2.15. The predicted octanol–water partition coefficient (Wildman–Crippen LogP) is 1.85. The number of benzene rings is 1. The Morgan fingerprint density at radius 1 is 1.29 bits per heavy atom. The van der Waals surface area contributed by atoms with E-state index in [2.05, 4.69) is 5.32 Å². The summed E-state index contributed by atoms with van der Waals surface area (Å²) in [6.45, 7) is 4.39. The number of methoxy groups -OCH3 is 1. The number of anilines is 1. The number of rotatable bonds is 8. The molecule has 0 heterocycles. The molecule has 0 aliphatic rings. The van der Waals surface area contributed by atoms with Gasteiger partial charge in [-0.05, 0) is 19.1 Å². The molecule has 0 fully saturated rings. The first-order valence-electron chi connectivity index (χ1n) is 6.74. The maximum atomic E-state index is 11.7. The summed E-state index contributed by atoms with van der Waals surface area (Å²) < 4.78 is 15.2. The van der Waals surface area contributed by atoms with Crippen molar-refractivity contribution in [3.63, 3.8) is 0 Å². The third-order valence-electron chi connectivity index (χ3n) is 2.69. The van der Waals surface area contributed by atoms with Crippen LogP contribution in [0, 0.1) is 0 Å². The second kappa shape index (κ2) is 8.97. The van der Waals surface area contributed by atoms with E-state index < -0.39 is 12.1 Å². The lowest BCUT2D eigenvalue weighted by Gasteiger charge is -2.19. The molecule has 1 unspecified atom stereocenters. The summed E-state index contributed by atoms with van der Waals surface area (Å²) >= 11 is 0. The van der Waals surface area contributed by atoms with Crippen molar-refractivity contribution in [3.8, 4) is 0 Å². The topological polar surface area (TPSA) is 73.9 Å². The summed E-state index contributed by atoms with van der Waals surface area (Å²) in [7, 11) is 1.33. The van der Waals surface area contributed by atoms with Crippen LogP contribution < -0.4 is 5.32 Å². The first kappa shape index (κ1) is 17.0. The fourth-order valence-electron chi connectivity index (χ4n) is 1.77. The quantitative estimate of drug-likeness (QED) is 0.738. The Kier molecular flexibility index (Phi) is 7.25. The molecule has 6 nitrogen and oxygen atoms in total. The molecule has 1 rings (SSSR count). The van der Waals surface area contributed by atoms with Gasteiger partial charge in [0.2, 0.25) is 0 Å². The monoisotopic (exact) mass is 295 g/mol. The number of hydrogen-bond donors (Lipinski definition) is 1. The van der Waals surface area contributed by atoms with Gasteiger partial charge in [0.05, 0.1) is 25.8 Å². The Labute approximate surface area is 124 Å². The molecule has 0 saturated heterocycles. The first-order chi connectivity index (χ1) is 10.1. The van der Waals surface area contributed by atoms with Crippen molar-refractivity contribution >= 4 is 17.6 Å². The summed E-state index contributed by atoms with van der Waals surface area (Å²) in [5.74, 6) is -0.797. The first-order valence-corrected chi connectivity index (χ1v) is 6.74. The molecule has 1 N–H and O–H groups in total. The van der Waals surface area contributed by atoms with Gasteiger partial charge >= 0.3 is 11.9 Å². The van der Waals surface area contributed by atoms with Crippen molar-refractivity contribution in [3.05, 3.63) is 29.8 Å². The number of esters is 2. The van der Waals surface area contributed by atoms with Crippen molar-refractivity contribution in [2.75, 3.05) is 32.2 Å². The van der Waals surface area contributed by atoms with E-state index in [9.17, 15) is 9.59 Å². The van der Waals surface area contributed by atoms with Gasteiger partial charge in [-0.15, -0.1) is 0 Å². The van der Waals surface area contributed by atoms with E-state index in [1.54, 1.807) is 24.3 Å². The average Bonchev–Trinajstić information content (AvgIpc) is 2.49. The highest BCUT2D eigenvalue weighted by atomic mass is 16.6. The number of carbonyl (C=O) groups excluding carboxylic acids is 2. The summed E-state index contributed by atoms with van der Waals surface area (Å²) in [4.78, 5) is 22.7. The standard InChI is InChI=1S/C15H21NO5/c1-4-20-10-12(21-11(2)17)9-16-14-8-6-5-7-13(14)15(18)19-3/h5-8,12,16H,4,9-10H2,1-3H3. The molecule has 0 radical (unpaired) electrons. The summed E-state index contributed by atoms with van der Waals surface area (Å²) in [6, 6.07) is 6.98. The second-order valence-corrected chi connectivity index (χ2v) is 4.31. The maximum Gasteiger partial charge on any atom is 0.339 e. The molecule has 0 aromatic heterocycles. The normalized spacial score (nSPS) is 11.6. The van der Waals surface area contributed by atoms with Crippen LogP contribution in [0.3, 0.4) is 0 Å². The van der Waals surface area contributed by atoms with Crippen molar-refractivity contribution in [2.24, 2.45) is 0 Å². The van der Waals surface area contributed by atoms with E-state index in [1.807, 2.05) is 6.92 Å². The molecule has 116 valence electrons. The Bertz CT molecular complexity index is 475. The molecule has 21 heavy (non-hydrogen) atoms. The SMILES string of the molecule is CCOCC(CNc1ccccc1C(=O)OC)OC(C)=O. The minimum Gasteiger partial charge on any atom is -0.465 e. The fraction of sp³-hybridized carbons (Fsp3) is 0.467. The van der Waals surface area contributed by atoms with Gasteiger partial charge in [-0.25, -0.2) is 4.79 Å². The number of nitrogens with one attached hydrogen (secondary N) is 1. The molecule has 6 heteroatoms. The maximum absolute atomic E-state index is 11.7. The Morgan fingerprint density at radius 2 is 2.00 bits per heavy atom. The Morgan fingerprint density at radius 3 is 2.62 bits per heavy atom. The van der Waals surface area contributed by atoms with E-state index in [0.717, 1.165) is 0 Å². The summed E-state index contributed by atoms with van der Waals surface area (Å²) in [5.41, 5.74) is 1.05. The third-order valence-corrected chi connectivity index (χ3v) is 2.69. The molecule has 1 atom stereocenters. The van der Waals surface area contributed by atoms with Gasteiger partial charge in [-0.2, -0.15) is 0 Å². The van der Waals surface area contributed by atoms with Crippen LogP contribution in [0.15, 0.2) is 24.3 Å². The molecule has 0 spiro atoms. The smallest absolute Gasteiger partial charge is 0.339 e. The van der Waals surface area contributed by atoms with Gasteiger partial charge in [0.15, 0.2) is 0 Å². The molecule has 1 aromatic carbocycles. The van der Waals surface area contributed by atoms with Crippen LogP contribution in [-0.4, -0.2) is 44.9 Å². The lowest BCUT2D eigenvalue weighted by atomic mass is 10.1. The van der Waals surface area contributed by atoms with Crippen LogP contribution in [0.2, 0.25) is 0 Å². The van der Waals surface area contributed by atoms with Gasteiger partial charge in [-0.1, -0.05) is 12.1 Å². The van der Waals surface area contributed by atoms with Crippen molar-refractivity contribution in [1.82, 2.24) is 0 Å². The van der Waals surface area contributed by atoms with Crippen molar-refractivity contribution < 1.29 is 23.8 Å². The van der Waals surface area contributed by atoms with Crippen LogP contribution in [0.5, 0.6) is 0 Å².